The number of ether oxygens (including phenoxy) is 1. The van der Waals surface area contributed by atoms with Gasteiger partial charge < -0.3 is 14.9 Å². The van der Waals surface area contributed by atoms with Crippen LogP contribution in [0.3, 0.4) is 0 Å². The van der Waals surface area contributed by atoms with Gasteiger partial charge in [-0.1, -0.05) is 30.4 Å². The number of esters is 1. The molecule has 23 heavy (non-hydrogen) atoms. The molecule has 0 saturated heterocycles. The zero-order valence-electron chi connectivity index (χ0n) is 12.0. The van der Waals surface area contributed by atoms with Gasteiger partial charge in [0.15, 0.2) is 0 Å². The molecule has 2 aromatic rings. The van der Waals surface area contributed by atoms with E-state index in [1.807, 2.05) is 30.3 Å². The quantitative estimate of drug-likeness (QED) is 0.297. The Hall–Kier alpha value is -2.62. The summed E-state index contributed by atoms with van der Waals surface area (Å²) in [6.07, 6.45) is 4.30. The smallest absolute Gasteiger partial charge is 0.629 e. The molecule has 0 fully saturated rings. The summed E-state index contributed by atoms with van der Waals surface area (Å²) in [7, 11) is 0. The zero-order chi connectivity index (χ0) is 15.8. The van der Waals surface area contributed by atoms with E-state index in [1.54, 1.807) is 30.3 Å². The first-order valence-electron chi connectivity index (χ1n) is 6.61. The van der Waals surface area contributed by atoms with Gasteiger partial charge in [0.25, 0.3) is 0 Å². The summed E-state index contributed by atoms with van der Waals surface area (Å²) in [6.45, 7) is 0. The standard InChI is InChI=1S/C13H10O4.C5H5.Fe/c14-12(15)10-7-4-8-11(10)13(16)17-9-5-2-1-3-6-9;1-2-4-5-3-1;/h1-8,14-15H;1-5H;/q;-1;+2/p-1. The molecule has 1 aliphatic rings. The average molecular weight is 350 g/mol. The first kappa shape index (κ1) is 18.4. The molecule has 0 aliphatic heterocycles. The summed E-state index contributed by atoms with van der Waals surface area (Å²) in [5.41, 5.74) is 0.00674. The van der Waals surface area contributed by atoms with Crippen LogP contribution in [0.5, 0.6) is 5.75 Å². The molecule has 2 aromatic carbocycles. The van der Waals surface area contributed by atoms with E-state index in [-0.39, 0.29) is 28.2 Å². The van der Waals surface area contributed by atoms with Gasteiger partial charge in [0.1, 0.15) is 5.75 Å². The maximum Gasteiger partial charge on any atom is 2.00 e. The number of carbonyl (C=O) groups is 1. The van der Waals surface area contributed by atoms with E-state index in [0.717, 1.165) is 0 Å². The number of carbonyl (C=O) groups excluding carboxylic acids is 1. The number of aliphatic hydroxyl groups excluding tert-OH is 1. The minimum absolute atomic E-state index is 0. The van der Waals surface area contributed by atoms with Crippen LogP contribution in [0.25, 0.3) is 0 Å². The van der Waals surface area contributed by atoms with Crippen LogP contribution in [-0.4, -0.2) is 11.1 Å². The second-order valence-electron chi connectivity index (χ2n) is 4.32. The van der Waals surface area contributed by atoms with Crippen LogP contribution in [0.4, 0.5) is 0 Å². The van der Waals surface area contributed by atoms with Crippen molar-refractivity contribution < 1.29 is 36.8 Å². The van der Waals surface area contributed by atoms with Crippen LogP contribution >= 0.6 is 0 Å². The van der Waals surface area contributed by atoms with Crippen LogP contribution in [0.1, 0.15) is 0 Å². The number of para-hydroxylation sites is 1. The molecule has 0 atom stereocenters. The molecule has 0 spiro atoms. The monoisotopic (exact) mass is 350 g/mol. The zero-order valence-corrected chi connectivity index (χ0v) is 13.1. The van der Waals surface area contributed by atoms with Gasteiger partial charge in [0.2, 0.25) is 0 Å². The Morgan fingerprint density at radius 1 is 1.09 bits per heavy atom. The predicted octanol–water partition coefficient (Wildman–Crippen LogP) is 2.62. The molecule has 5 heteroatoms. The van der Waals surface area contributed by atoms with Crippen LogP contribution in [-0.2, 0) is 21.9 Å². The van der Waals surface area contributed by atoms with E-state index in [2.05, 4.69) is 0 Å². The minimum Gasteiger partial charge on any atom is -0.629 e. The molecule has 1 aliphatic carbocycles. The Labute approximate surface area is 144 Å². The molecular weight excluding hydrogens is 336 g/mol. The van der Waals surface area contributed by atoms with Gasteiger partial charge in [-0.2, -0.15) is 18.2 Å². The molecule has 0 amide bonds. The Morgan fingerprint density at radius 3 is 2.26 bits per heavy atom. The Kier molecular flexibility index (Phi) is 7.54. The van der Waals surface area contributed by atoms with E-state index >= 15 is 0 Å². The summed E-state index contributed by atoms with van der Waals surface area (Å²) in [5, 5.41) is 19.7. The fraction of sp³-hybridized carbons (Fsp3) is 0. The fourth-order valence-corrected chi connectivity index (χ4v) is 1.76. The van der Waals surface area contributed by atoms with Crippen molar-refractivity contribution in [3.63, 3.8) is 0 Å². The third-order valence-corrected chi connectivity index (χ3v) is 2.78. The van der Waals surface area contributed by atoms with Crippen molar-refractivity contribution in [2.75, 3.05) is 0 Å². The second-order valence-corrected chi connectivity index (χ2v) is 4.32. The molecule has 3 rings (SSSR count). The van der Waals surface area contributed by atoms with Crippen molar-refractivity contribution in [3.8, 4) is 5.75 Å². The molecule has 118 valence electrons. The van der Waals surface area contributed by atoms with Crippen molar-refractivity contribution in [3.05, 3.63) is 96.0 Å². The van der Waals surface area contributed by atoms with Gasteiger partial charge in [-0.3, -0.25) is 0 Å². The fourth-order valence-electron chi connectivity index (χ4n) is 1.76. The normalized spacial score (nSPS) is 14.0. The average Bonchev–Trinajstić information content (AvgIpc) is 3.22. The van der Waals surface area contributed by atoms with Gasteiger partial charge in [-0.15, -0.1) is 0 Å². The van der Waals surface area contributed by atoms with Crippen LogP contribution in [0.15, 0.2) is 96.0 Å². The second kappa shape index (κ2) is 9.41. The topological polar surface area (TPSA) is 69.6 Å². The number of rotatable bonds is 2. The molecule has 0 unspecified atom stereocenters. The predicted molar refractivity (Wildman–Crippen MR) is 81.0 cm³/mol. The maximum absolute atomic E-state index is 11.7. The van der Waals surface area contributed by atoms with Gasteiger partial charge in [0.05, 0.1) is 11.5 Å². The maximum atomic E-state index is 11.7. The molecule has 0 bridgehead atoms. The van der Waals surface area contributed by atoms with E-state index < -0.39 is 11.9 Å². The number of hydrogen-bond donors (Lipinski definition) is 1. The number of benzene rings is 1. The molecule has 0 radical (unpaired) electrons. The summed E-state index contributed by atoms with van der Waals surface area (Å²) in [4.78, 5) is 11.7. The van der Waals surface area contributed by atoms with Crippen molar-refractivity contribution in [1.29, 1.82) is 0 Å². The van der Waals surface area contributed by atoms with Crippen LogP contribution in [0.2, 0.25) is 0 Å². The SMILES string of the molecule is O=C(Oc1ccccc1)C1=CC=C/C1=C(/[O-])O.[Fe+2].c1cc[cH-]c1. The summed E-state index contributed by atoms with van der Waals surface area (Å²) >= 11 is 0. The summed E-state index contributed by atoms with van der Waals surface area (Å²) < 4.78 is 5.05. The van der Waals surface area contributed by atoms with Gasteiger partial charge in [0, 0.05) is 5.57 Å². The van der Waals surface area contributed by atoms with Gasteiger partial charge in [-0.05, 0) is 18.2 Å². The molecule has 4 nitrogen and oxygen atoms in total. The largest absolute Gasteiger partial charge is 2.00 e. The molecule has 0 heterocycles. The first-order chi connectivity index (χ1) is 10.7. The number of allylic oxidation sites excluding steroid dienone is 3. The summed E-state index contributed by atoms with van der Waals surface area (Å²) in [6, 6.07) is 18.5. The minimum atomic E-state index is -1.14. The van der Waals surface area contributed by atoms with Crippen LogP contribution < -0.4 is 9.84 Å². The van der Waals surface area contributed by atoms with E-state index in [1.165, 1.54) is 18.2 Å². The van der Waals surface area contributed by atoms with E-state index in [9.17, 15) is 9.90 Å². The van der Waals surface area contributed by atoms with Crippen LogP contribution in [0, 0.1) is 0 Å². The van der Waals surface area contributed by atoms with Gasteiger partial charge in [-0.25, -0.2) is 16.9 Å². The summed E-state index contributed by atoms with van der Waals surface area (Å²) in [5.74, 6) is -1.43. The van der Waals surface area contributed by atoms with Crippen molar-refractivity contribution in [2.24, 2.45) is 0 Å². The molecule has 1 N–H and O–H groups in total. The molecular formula is C18H14FeO4. The number of aliphatic hydroxyl groups is 1. The van der Waals surface area contributed by atoms with Crippen molar-refractivity contribution in [1.82, 2.24) is 0 Å². The molecule has 0 aromatic heterocycles. The third-order valence-electron chi connectivity index (χ3n) is 2.78. The Bertz CT molecular complexity index is 677. The third kappa shape index (κ3) is 5.58. The van der Waals surface area contributed by atoms with E-state index in [0.29, 0.717) is 5.75 Å². The van der Waals surface area contributed by atoms with Crippen molar-refractivity contribution >= 4 is 5.97 Å². The Balaban J connectivity index is 0.000000377. The number of hydrogen-bond acceptors (Lipinski definition) is 4. The van der Waals surface area contributed by atoms with Crippen molar-refractivity contribution in [2.45, 2.75) is 0 Å². The first-order valence-corrected chi connectivity index (χ1v) is 6.61. The Morgan fingerprint density at radius 2 is 1.74 bits per heavy atom. The van der Waals surface area contributed by atoms with E-state index in [4.69, 9.17) is 9.84 Å². The molecule has 0 saturated carbocycles. The van der Waals surface area contributed by atoms with Gasteiger partial charge >= 0.3 is 23.0 Å².